The number of nitrogens with zero attached hydrogens (tertiary/aromatic N) is 1. The number of carbonyl (C=O) groups is 3. The Morgan fingerprint density at radius 3 is 2.03 bits per heavy atom. The fraction of sp³-hybridized carbons (Fsp3) is 0.348. The fourth-order valence-electron chi connectivity index (χ4n) is 3.38. The van der Waals surface area contributed by atoms with Gasteiger partial charge in [-0.1, -0.05) is 45.0 Å². The van der Waals surface area contributed by atoms with Crippen LogP contribution in [0.25, 0.3) is 0 Å². The Hall–Kier alpha value is -2.60. The van der Waals surface area contributed by atoms with Gasteiger partial charge in [-0.25, -0.2) is 0 Å². The van der Waals surface area contributed by atoms with Crippen LogP contribution in [0.4, 0.5) is 5.69 Å². The summed E-state index contributed by atoms with van der Waals surface area (Å²) in [6, 6.07) is 13.5. The van der Waals surface area contributed by atoms with Crippen molar-refractivity contribution in [2.45, 2.75) is 38.6 Å². The molecule has 0 radical (unpaired) electrons. The van der Waals surface area contributed by atoms with E-state index in [0.717, 1.165) is 10.5 Å². The van der Waals surface area contributed by atoms with Crippen LogP contribution in [0.3, 0.4) is 0 Å². The molecule has 3 amide bonds. The van der Waals surface area contributed by atoms with E-state index in [2.05, 4.69) is 26.1 Å². The number of hydrogen-bond acceptors (Lipinski definition) is 4. The zero-order valence-corrected chi connectivity index (χ0v) is 18.0. The average Bonchev–Trinajstić information content (AvgIpc) is 2.93. The molecule has 0 aromatic heterocycles. The lowest BCUT2D eigenvalue weighted by Gasteiger charge is -2.25. The lowest BCUT2D eigenvalue weighted by Crippen LogP contribution is -2.47. The second kappa shape index (κ2) is 8.41. The molecule has 1 atom stereocenters. The Balaban J connectivity index is 1.83. The molecule has 0 fully saturated rings. The summed E-state index contributed by atoms with van der Waals surface area (Å²) in [6.45, 7) is 6.38. The van der Waals surface area contributed by atoms with E-state index in [4.69, 9.17) is 0 Å². The molecule has 0 saturated heterocycles. The predicted molar refractivity (Wildman–Crippen MR) is 118 cm³/mol. The molecule has 0 spiro atoms. The van der Waals surface area contributed by atoms with E-state index in [-0.39, 0.29) is 11.3 Å². The second-order valence-corrected chi connectivity index (χ2v) is 9.13. The third-order valence-corrected chi connectivity index (χ3v) is 5.70. The van der Waals surface area contributed by atoms with Gasteiger partial charge >= 0.3 is 0 Å². The van der Waals surface area contributed by atoms with E-state index in [1.165, 1.54) is 0 Å². The predicted octanol–water partition coefficient (Wildman–Crippen LogP) is 4.34. The normalized spacial score (nSPS) is 14.7. The van der Waals surface area contributed by atoms with Crippen molar-refractivity contribution in [3.05, 3.63) is 65.2 Å². The van der Waals surface area contributed by atoms with Gasteiger partial charge in [-0.15, -0.1) is 0 Å². The number of amides is 3. The number of rotatable bonds is 6. The van der Waals surface area contributed by atoms with E-state index in [0.29, 0.717) is 29.0 Å². The van der Waals surface area contributed by atoms with Gasteiger partial charge < -0.3 is 5.32 Å². The maximum absolute atomic E-state index is 13.1. The zero-order valence-electron chi connectivity index (χ0n) is 17.2. The van der Waals surface area contributed by atoms with Crippen molar-refractivity contribution in [1.82, 2.24) is 4.90 Å². The molecule has 1 N–H and O–H groups in total. The summed E-state index contributed by atoms with van der Waals surface area (Å²) in [5, 5.41) is 2.88. The van der Waals surface area contributed by atoms with E-state index >= 15 is 0 Å². The zero-order chi connectivity index (χ0) is 21.2. The fourth-order valence-corrected chi connectivity index (χ4v) is 3.84. The SMILES string of the molecule is CSCC[C@@H](C(=O)Nc1ccc(C(C)(C)C)cc1)N1C(=O)c2ccccc2C1=O. The molecule has 5 nitrogen and oxygen atoms in total. The van der Waals surface area contributed by atoms with Gasteiger partial charge in [-0.2, -0.15) is 11.8 Å². The van der Waals surface area contributed by atoms with E-state index in [1.54, 1.807) is 36.0 Å². The highest BCUT2D eigenvalue weighted by Gasteiger charge is 2.42. The van der Waals surface area contributed by atoms with Crippen LogP contribution in [-0.4, -0.2) is 40.7 Å². The van der Waals surface area contributed by atoms with Gasteiger partial charge in [0.25, 0.3) is 11.8 Å². The number of benzene rings is 2. The van der Waals surface area contributed by atoms with Gasteiger partial charge in [-0.3, -0.25) is 19.3 Å². The molecular formula is C23H26N2O3S. The molecule has 6 heteroatoms. The summed E-state index contributed by atoms with van der Waals surface area (Å²) in [6.07, 6.45) is 2.33. The Labute approximate surface area is 175 Å². The third kappa shape index (κ3) is 4.37. The van der Waals surface area contributed by atoms with Crippen molar-refractivity contribution in [2.75, 3.05) is 17.3 Å². The summed E-state index contributed by atoms with van der Waals surface area (Å²) >= 11 is 1.57. The molecule has 29 heavy (non-hydrogen) atoms. The first-order valence-corrected chi connectivity index (χ1v) is 11.0. The van der Waals surface area contributed by atoms with Crippen molar-refractivity contribution < 1.29 is 14.4 Å². The summed E-state index contributed by atoms with van der Waals surface area (Å²) < 4.78 is 0. The van der Waals surface area contributed by atoms with Crippen LogP contribution < -0.4 is 5.32 Å². The summed E-state index contributed by atoms with van der Waals surface area (Å²) in [4.78, 5) is 39.9. The molecule has 2 aromatic carbocycles. The van der Waals surface area contributed by atoms with Crippen LogP contribution in [0.1, 0.15) is 53.5 Å². The number of hydrogen-bond donors (Lipinski definition) is 1. The van der Waals surface area contributed by atoms with Crippen LogP contribution in [-0.2, 0) is 10.2 Å². The highest BCUT2D eigenvalue weighted by atomic mass is 32.2. The second-order valence-electron chi connectivity index (χ2n) is 8.14. The molecule has 3 rings (SSSR count). The molecule has 2 aromatic rings. The number of carbonyl (C=O) groups excluding carboxylic acids is 3. The first-order chi connectivity index (χ1) is 13.7. The van der Waals surface area contributed by atoms with Gasteiger partial charge in [0.2, 0.25) is 5.91 Å². The Morgan fingerprint density at radius 2 is 1.55 bits per heavy atom. The Bertz CT molecular complexity index is 897. The molecule has 1 heterocycles. The van der Waals surface area contributed by atoms with Gasteiger partial charge in [0.1, 0.15) is 6.04 Å². The van der Waals surface area contributed by atoms with Crippen LogP contribution in [0, 0.1) is 0 Å². The first kappa shape index (κ1) is 21.1. The number of thioether (sulfide) groups is 1. The minimum Gasteiger partial charge on any atom is -0.324 e. The molecule has 0 bridgehead atoms. The summed E-state index contributed by atoms with van der Waals surface area (Å²) in [7, 11) is 0. The molecule has 0 unspecified atom stereocenters. The standard InChI is InChI=1S/C23H26N2O3S/c1-23(2,3)15-9-11-16(12-10-15)24-20(26)19(13-14-29-4)25-21(27)17-7-5-6-8-18(17)22(25)28/h5-12,19H,13-14H2,1-4H3,(H,24,26)/t19-/m0/s1. The number of anilines is 1. The minimum atomic E-state index is -0.850. The maximum atomic E-state index is 13.1. The monoisotopic (exact) mass is 410 g/mol. The van der Waals surface area contributed by atoms with Crippen molar-refractivity contribution in [3.63, 3.8) is 0 Å². The van der Waals surface area contributed by atoms with Gasteiger partial charge in [-0.05, 0) is 53.7 Å². The molecule has 0 aliphatic carbocycles. The largest absolute Gasteiger partial charge is 0.324 e. The lowest BCUT2D eigenvalue weighted by molar-refractivity contribution is -0.120. The Morgan fingerprint density at radius 1 is 1.00 bits per heavy atom. The average molecular weight is 411 g/mol. The van der Waals surface area contributed by atoms with E-state index in [9.17, 15) is 14.4 Å². The molecule has 152 valence electrons. The van der Waals surface area contributed by atoms with Crippen LogP contribution >= 0.6 is 11.8 Å². The number of fused-ring (bicyclic) bond motifs is 1. The molecule has 0 saturated carbocycles. The molecule has 1 aliphatic rings. The van der Waals surface area contributed by atoms with Crippen LogP contribution in [0.2, 0.25) is 0 Å². The quantitative estimate of drug-likeness (QED) is 0.720. The first-order valence-electron chi connectivity index (χ1n) is 9.61. The number of nitrogens with one attached hydrogen (secondary N) is 1. The third-order valence-electron chi connectivity index (χ3n) is 5.05. The minimum absolute atomic E-state index is 0.0174. The highest BCUT2D eigenvalue weighted by molar-refractivity contribution is 7.98. The number of imide groups is 1. The van der Waals surface area contributed by atoms with E-state index < -0.39 is 17.9 Å². The van der Waals surface area contributed by atoms with Crippen molar-refractivity contribution in [2.24, 2.45) is 0 Å². The maximum Gasteiger partial charge on any atom is 0.262 e. The van der Waals surface area contributed by atoms with Gasteiger partial charge in [0.05, 0.1) is 11.1 Å². The summed E-state index contributed by atoms with van der Waals surface area (Å²) in [5.41, 5.74) is 2.54. The van der Waals surface area contributed by atoms with Crippen LogP contribution in [0.5, 0.6) is 0 Å². The molecular weight excluding hydrogens is 384 g/mol. The molecule has 1 aliphatic heterocycles. The smallest absolute Gasteiger partial charge is 0.262 e. The van der Waals surface area contributed by atoms with Crippen molar-refractivity contribution >= 4 is 35.2 Å². The Kier molecular flexibility index (Phi) is 6.13. The van der Waals surface area contributed by atoms with Crippen LogP contribution in [0.15, 0.2) is 48.5 Å². The van der Waals surface area contributed by atoms with Gasteiger partial charge in [0.15, 0.2) is 0 Å². The topological polar surface area (TPSA) is 66.5 Å². The van der Waals surface area contributed by atoms with Crippen molar-refractivity contribution in [1.29, 1.82) is 0 Å². The van der Waals surface area contributed by atoms with Crippen molar-refractivity contribution in [3.8, 4) is 0 Å². The highest BCUT2D eigenvalue weighted by Crippen LogP contribution is 2.27. The lowest BCUT2D eigenvalue weighted by atomic mass is 9.87. The van der Waals surface area contributed by atoms with E-state index in [1.807, 2.05) is 30.5 Å². The summed E-state index contributed by atoms with van der Waals surface area (Å²) in [5.74, 6) is -0.504. The van der Waals surface area contributed by atoms with Gasteiger partial charge in [0, 0.05) is 5.69 Å².